The van der Waals surface area contributed by atoms with Crippen molar-refractivity contribution in [3.8, 4) is 0 Å². The molecule has 1 heterocycles. The third kappa shape index (κ3) is 4.82. The molecule has 19 heavy (non-hydrogen) atoms. The Morgan fingerprint density at radius 1 is 1.47 bits per heavy atom. The lowest BCUT2D eigenvalue weighted by atomic mass is 9.89. The van der Waals surface area contributed by atoms with E-state index in [-0.39, 0.29) is 5.97 Å². The fraction of sp³-hybridized carbons (Fsp3) is 0.714. The predicted molar refractivity (Wildman–Crippen MR) is 77.5 cm³/mol. The van der Waals surface area contributed by atoms with E-state index in [4.69, 9.17) is 0 Å². The third-order valence-electron chi connectivity index (χ3n) is 3.63. The number of thiazole rings is 1. The van der Waals surface area contributed by atoms with Crippen LogP contribution in [0.5, 0.6) is 0 Å². The molecule has 0 aliphatic heterocycles. The summed E-state index contributed by atoms with van der Waals surface area (Å²) in [6, 6.07) is 0. The number of esters is 1. The number of nitrogens with one attached hydrogen (secondary N) is 1. The first-order chi connectivity index (χ1) is 9.28. The van der Waals surface area contributed by atoms with E-state index in [1.54, 1.807) is 11.3 Å². The Hall–Kier alpha value is -1.10. The van der Waals surface area contributed by atoms with Gasteiger partial charge in [-0.05, 0) is 18.8 Å². The van der Waals surface area contributed by atoms with Gasteiger partial charge in [-0.25, -0.2) is 4.98 Å². The largest absolute Gasteiger partial charge is 0.469 e. The summed E-state index contributed by atoms with van der Waals surface area (Å²) in [7, 11) is 1.42. The monoisotopic (exact) mass is 282 g/mol. The van der Waals surface area contributed by atoms with Crippen LogP contribution in [0.2, 0.25) is 0 Å². The van der Waals surface area contributed by atoms with Crippen molar-refractivity contribution in [2.24, 2.45) is 5.92 Å². The summed E-state index contributed by atoms with van der Waals surface area (Å²) in [6.07, 6.45) is 7.88. The molecule has 1 N–H and O–H groups in total. The van der Waals surface area contributed by atoms with Crippen LogP contribution in [0.1, 0.15) is 44.2 Å². The maximum Gasteiger partial charge on any atom is 0.305 e. The molecule has 4 nitrogen and oxygen atoms in total. The van der Waals surface area contributed by atoms with Crippen LogP contribution in [0.25, 0.3) is 0 Å². The molecule has 1 aliphatic rings. The van der Waals surface area contributed by atoms with Crippen molar-refractivity contribution >= 4 is 22.4 Å². The van der Waals surface area contributed by atoms with Crippen molar-refractivity contribution in [1.29, 1.82) is 0 Å². The van der Waals surface area contributed by atoms with Crippen molar-refractivity contribution < 1.29 is 9.53 Å². The molecule has 5 heteroatoms. The minimum Gasteiger partial charge on any atom is -0.469 e. The summed E-state index contributed by atoms with van der Waals surface area (Å²) in [5.74, 6) is 0.626. The quantitative estimate of drug-likeness (QED) is 0.814. The first-order valence-corrected chi connectivity index (χ1v) is 7.91. The molecule has 0 amide bonds. The first kappa shape index (κ1) is 14.3. The fourth-order valence-corrected chi connectivity index (χ4v) is 3.21. The number of nitrogens with zero attached hydrogens (tertiary/aromatic N) is 1. The van der Waals surface area contributed by atoms with Gasteiger partial charge in [-0.1, -0.05) is 19.3 Å². The minimum absolute atomic E-state index is 0.176. The lowest BCUT2D eigenvalue weighted by Gasteiger charge is -2.21. The molecule has 1 aromatic rings. The number of methoxy groups -OCH3 is 1. The van der Waals surface area contributed by atoms with Gasteiger partial charge in [0.25, 0.3) is 0 Å². The van der Waals surface area contributed by atoms with Crippen LogP contribution in [0.3, 0.4) is 0 Å². The van der Waals surface area contributed by atoms with E-state index < -0.39 is 0 Å². The van der Waals surface area contributed by atoms with E-state index in [1.807, 2.05) is 5.38 Å². The van der Waals surface area contributed by atoms with Crippen LogP contribution < -0.4 is 5.32 Å². The van der Waals surface area contributed by atoms with Crippen molar-refractivity contribution in [2.75, 3.05) is 19.0 Å². The molecule has 1 fully saturated rings. The number of anilines is 1. The van der Waals surface area contributed by atoms with Crippen LogP contribution in [0.4, 0.5) is 5.13 Å². The van der Waals surface area contributed by atoms with Crippen LogP contribution in [-0.4, -0.2) is 24.6 Å². The van der Waals surface area contributed by atoms with Crippen LogP contribution in [0.15, 0.2) is 5.38 Å². The average molecular weight is 282 g/mol. The minimum atomic E-state index is -0.176. The summed E-state index contributed by atoms with van der Waals surface area (Å²) in [6.45, 7) is 1.03. The molecule has 1 aliphatic carbocycles. The lowest BCUT2D eigenvalue weighted by molar-refractivity contribution is -0.140. The maximum absolute atomic E-state index is 11.1. The Morgan fingerprint density at radius 3 is 3.00 bits per heavy atom. The number of carbonyl (C=O) groups is 1. The molecule has 106 valence electrons. The topological polar surface area (TPSA) is 51.2 Å². The number of hydrogen-bond donors (Lipinski definition) is 1. The number of aromatic nitrogens is 1. The molecule has 0 atom stereocenters. The van der Waals surface area contributed by atoms with Gasteiger partial charge in [0, 0.05) is 18.3 Å². The number of hydrogen-bond acceptors (Lipinski definition) is 5. The predicted octanol–water partition coefficient (Wildman–Crippen LogP) is 3.24. The van der Waals surface area contributed by atoms with Gasteiger partial charge < -0.3 is 10.1 Å². The highest BCUT2D eigenvalue weighted by atomic mass is 32.1. The number of carbonyl (C=O) groups excluding carboxylic acids is 1. The van der Waals surface area contributed by atoms with E-state index in [0.717, 1.165) is 23.3 Å². The van der Waals surface area contributed by atoms with E-state index in [9.17, 15) is 4.79 Å². The van der Waals surface area contributed by atoms with E-state index in [0.29, 0.717) is 12.8 Å². The summed E-state index contributed by atoms with van der Waals surface area (Å²) >= 11 is 1.62. The van der Waals surface area contributed by atoms with Gasteiger partial charge in [-0.3, -0.25) is 4.79 Å². The SMILES string of the molecule is COC(=O)CCc1csc(NCC2CCCCC2)n1. The highest BCUT2D eigenvalue weighted by Gasteiger charge is 2.13. The molecule has 0 spiro atoms. The molecule has 1 saturated carbocycles. The van der Waals surface area contributed by atoms with E-state index in [2.05, 4.69) is 15.0 Å². The summed E-state index contributed by atoms with van der Waals surface area (Å²) in [5.41, 5.74) is 0.974. The maximum atomic E-state index is 11.1. The smallest absolute Gasteiger partial charge is 0.305 e. The molecule has 0 bridgehead atoms. The highest BCUT2D eigenvalue weighted by molar-refractivity contribution is 7.13. The molecule has 2 rings (SSSR count). The van der Waals surface area contributed by atoms with E-state index >= 15 is 0 Å². The average Bonchev–Trinajstić information content (AvgIpc) is 2.91. The molecule has 1 aromatic heterocycles. The highest BCUT2D eigenvalue weighted by Crippen LogP contribution is 2.24. The van der Waals surface area contributed by atoms with Gasteiger partial charge in [0.1, 0.15) is 0 Å². The lowest BCUT2D eigenvalue weighted by Crippen LogP contribution is -2.17. The van der Waals surface area contributed by atoms with Gasteiger partial charge in [-0.2, -0.15) is 0 Å². The zero-order valence-electron chi connectivity index (χ0n) is 11.5. The third-order valence-corrected chi connectivity index (χ3v) is 4.48. The first-order valence-electron chi connectivity index (χ1n) is 7.03. The molecular formula is C14H22N2O2S. The van der Waals surface area contributed by atoms with Crippen molar-refractivity contribution in [3.63, 3.8) is 0 Å². The van der Waals surface area contributed by atoms with Gasteiger partial charge in [0.05, 0.1) is 19.2 Å². The normalized spacial score (nSPS) is 16.3. The molecular weight excluding hydrogens is 260 g/mol. The molecule has 0 radical (unpaired) electrons. The van der Waals surface area contributed by atoms with Crippen LogP contribution in [0, 0.1) is 5.92 Å². The van der Waals surface area contributed by atoms with Crippen molar-refractivity contribution in [2.45, 2.75) is 44.9 Å². The van der Waals surface area contributed by atoms with Crippen LogP contribution >= 0.6 is 11.3 Å². The zero-order chi connectivity index (χ0) is 13.5. The second kappa shape index (κ2) is 7.48. The summed E-state index contributed by atoms with van der Waals surface area (Å²) < 4.78 is 4.63. The Bertz CT molecular complexity index is 400. The summed E-state index contributed by atoms with van der Waals surface area (Å²) in [5, 5.41) is 6.42. The van der Waals surface area contributed by atoms with Crippen molar-refractivity contribution in [3.05, 3.63) is 11.1 Å². The second-order valence-electron chi connectivity index (χ2n) is 5.11. The number of aryl methyl sites for hydroxylation is 1. The van der Waals surface area contributed by atoms with E-state index in [1.165, 1.54) is 39.2 Å². The van der Waals surface area contributed by atoms with Gasteiger partial charge >= 0.3 is 5.97 Å². The van der Waals surface area contributed by atoms with Gasteiger partial charge in [0.2, 0.25) is 0 Å². The van der Waals surface area contributed by atoms with Crippen LogP contribution in [-0.2, 0) is 16.0 Å². The Balaban J connectivity index is 1.72. The van der Waals surface area contributed by atoms with Gasteiger partial charge in [-0.15, -0.1) is 11.3 Å². The number of ether oxygens (including phenoxy) is 1. The summed E-state index contributed by atoms with van der Waals surface area (Å²) in [4.78, 5) is 15.6. The molecule has 0 unspecified atom stereocenters. The Labute approximate surface area is 118 Å². The second-order valence-corrected chi connectivity index (χ2v) is 5.96. The Kier molecular flexibility index (Phi) is 5.63. The number of rotatable bonds is 6. The van der Waals surface area contributed by atoms with Gasteiger partial charge in [0.15, 0.2) is 5.13 Å². The Morgan fingerprint density at radius 2 is 2.26 bits per heavy atom. The molecule has 0 saturated heterocycles. The fourth-order valence-electron chi connectivity index (χ4n) is 2.46. The van der Waals surface area contributed by atoms with Crippen molar-refractivity contribution in [1.82, 2.24) is 4.98 Å². The standard InChI is InChI=1S/C14H22N2O2S/c1-18-13(17)8-7-12-10-19-14(16-12)15-9-11-5-3-2-4-6-11/h10-11H,2-9H2,1H3,(H,15,16). The zero-order valence-corrected chi connectivity index (χ0v) is 12.3. The molecule has 0 aromatic carbocycles.